The van der Waals surface area contributed by atoms with Crippen molar-refractivity contribution in [2.45, 2.75) is 6.04 Å². The van der Waals surface area contributed by atoms with Crippen LogP contribution in [0.4, 0.5) is 0 Å². The Morgan fingerprint density at radius 1 is 1.40 bits per heavy atom. The minimum absolute atomic E-state index is 0.268. The molecule has 3 N–H and O–H groups in total. The lowest BCUT2D eigenvalue weighted by Gasteiger charge is -2.33. The summed E-state index contributed by atoms with van der Waals surface area (Å²) in [6.07, 6.45) is 1.56. The largest absolute Gasteiger partial charge is 0.480 e. The lowest BCUT2D eigenvalue weighted by Crippen LogP contribution is -2.56. The van der Waals surface area contributed by atoms with Gasteiger partial charge in [0, 0.05) is 25.2 Å². The quantitative estimate of drug-likeness (QED) is 0.719. The molecule has 1 aromatic carbocycles. The van der Waals surface area contributed by atoms with E-state index in [1.165, 1.54) is 4.90 Å². The number of piperazine rings is 1. The van der Waals surface area contributed by atoms with E-state index in [-0.39, 0.29) is 12.5 Å². The smallest absolute Gasteiger partial charge is 0.327 e. The van der Waals surface area contributed by atoms with Gasteiger partial charge in [0.25, 0.3) is 5.91 Å². The molecule has 104 valence electrons. The molecule has 1 aliphatic rings. The van der Waals surface area contributed by atoms with E-state index in [2.05, 4.69) is 15.3 Å². The predicted octanol–water partition coefficient (Wildman–Crippen LogP) is 0.0615. The number of amides is 1. The van der Waals surface area contributed by atoms with Crippen LogP contribution >= 0.6 is 0 Å². The zero-order valence-electron chi connectivity index (χ0n) is 10.7. The summed E-state index contributed by atoms with van der Waals surface area (Å²) in [5, 5.41) is 12.2. The fourth-order valence-electron chi connectivity index (χ4n) is 2.40. The molecular weight excluding hydrogens is 260 g/mol. The molecule has 7 nitrogen and oxygen atoms in total. The van der Waals surface area contributed by atoms with Gasteiger partial charge in [-0.25, -0.2) is 9.78 Å². The molecule has 0 spiro atoms. The summed E-state index contributed by atoms with van der Waals surface area (Å²) >= 11 is 0. The molecule has 0 saturated carbocycles. The van der Waals surface area contributed by atoms with Gasteiger partial charge in [-0.2, -0.15) is 0 Å². The summed E-state index contributed by atoms with van der Waals surface area (Å²) in [4.78, 5) is 32.1. The van der Waals surface area contributed by atoms with Crippen LogP contribution in [0.25, 0.3) is 11.0 Å². The second-order valence-electron chi connectivity index (χ2n) is 4.69. The number of benzene rings is 1. The summed E-state index contributed by atoms with van der Waals surface area (Å²) in [6.45, 7) is 1.26. The lowest BCUT2D eigenvalue weighted by atomic mass is 10.1. The first-order chi connectivity index (χ1) is 9.66. The number of aromatic nitrogens is 2. The molecule has 20 heavy (non-hydrogen) atoms. The molecule has 3 rings (SSSR count). The number of carbonyl (C=O) groups is 2. The van der Waals surface area contributed by atoms with Crippen LogP contribution < -0.4 is 5.32 Å². The SMILES string of the molecule is O=C(O)C1CNCCN1C(=O)c1ccc2nc[nH]c2c1. The van der Waals surface area contributed by atoms with Crippen LogP contribution in [-0.4, -0.2) is 57.5 Å². The van der Waals surface area contributed by atoms with Crippen LogP contribution in [0.2, 0.25) is 0 Å². The maximum atomic E-state index is 12.5. The molecule has 1 fully saturated rings. The second-order valence-corrected chi connectivity index (χ2v) is 4.69. The highest BCUT2D eigenvalue weighted by Crippen LogP contribution is 2.15. The molecule has 1 amide bonds. The summed E-state index contributed by atoms with van der Waals surface area (Å²) in [7, 11) is 0. The van der Waals surface area contributed by atoms with E-state index >= 15 is 0 Å². The predicted molar refractivity (Wildman–Crippen MR) is 71.4 cm³/mol. The van der Waals surface area contributed by atoms with Gasteiger partial charge >= 0.3 is 5.97 Å². The van der Waals surface area contributed by atoms with Crippen molar-refractivity contribution in [3.8, 4) is 0 Å². The van der Waals surface area contributed by atoms with Gasteiger partial charge in [-0.3, -0.25) is 4.79 Å². The van der Waals surface area contributed by atoms with Crippen molar-refractivity contribution in [2.75, 3.05) is 19.6 Å². The van der Waals surface area contributed by atoms with Gasteiger partial charge in [0.1, 0.15) is 6.04 Å². The summed E-state index contributed by atoms with van der Waals surface area (Å²) in [6, 6.07) is 4.29. The Morgan fingerprint density at radius 2 is 2.25 bits per heavy atom. The maximum Gasteiger partial charge on any atom is 0.327 e. The Balaban J connectivity index is 1.91. The van der Waals surface area contributed by atoms with Crippen LogP contribution in [0.3, 0.4) is 0 Å². The lowest BCUT2D eigenvalue weighted by molar-refractivity contribution is -0.142. The number of hydrogen-bond acceptors (Lipinski definition) is 4. The number of nitrogens with one attached hydrogen (secondary N) is 2. The molecule has 0 aliphatic carbocycles. The minimum atomic E-state index is -0.992. The number of hydrogen-bond donors (Lipinski definition) is 3. The maximum absolute atomic E-state index is 12.5. The first-order valence-corrected chi connectivity index (χ1v) is 6.34. The van der Waals surface area contributed by atoms with Gasteiger partial charge in [-0.1, -0.05) is 0 Å². The number of carboxylic acid groups (broad SMARTS) is 1. The van der Waals surface area contributed by atoms with Crippen LogP contribution in [0.15, 0.2) is 24.5 Å². The van der Waals surface area contributed by atoms with Crippen molar-refractivity contribution in [1.82, 2.24) is 20.2 Å². The van der Waals surface area contributed by atoms with Gasteiger partial charge in [-0.05, 0) is 18.2 Å². The molecule has 1 aromatic heterocycles. The number of imidazole rings is 1. The first kappa shape index (κ1) is 12.6. The Labute approximate surface area is 114 Å². The Bertz CT molecular complexity index is 666. The van der Waals surface area contributed by atoms with Crippen LogP contribution in [0, 0.1) is 0 Å². The fourth-order valence-corrected chi connectivity index (χ4v) is 2.40. The number of fused-ring (bicyclic) bond motifs is 1. The minimum Gasteiger partial charge on any atom is -0.480 e. The van der Waals surface area contributed by atoms with E-state index < -0.39 is 12.0 Å². The Hall–Kier alpha value is -2.41. The third kappa shape index (κ3) is 2.12. The zero-order chi connectivity index (χ0) is 14.1. The average Bonchev–Trinajstić information content (AvgIpc) is 2.93. The molecule has 2 heterocycles. The highest BCUT2D eigenvalue weighted by Gasteiger charge is 2.32. The van der Waals surface area contributed by atoms with Gasteiger partial charge in [0.05, 0.1) is 17.4 Å². The summed E-state index contributed by atoms with van der Waals surface area (Å²) in [5.41, 5.74) is 2.00. The van der Waals surface area contributed by atoms with E-state index in [0.29, 0.717) is 18.7 Å². The van der Waals surface area contributed by atoms with Crippen LogP contribution in [0.5, 0.6) is 0 Å². The normalized spacial score (nSPS) is 19.2. The topological polar surface area (TPSA) is 98.3 Å². The fraction of sp³-hybridized carbons (Fsp3) is 0.308. The van der Waals surface area contributed by atoms with Gasteiger partial charge < -0.3 is 20.3 Å². The molecule has 1 unspecified atom stereocenters. The Morgan fingerprint density at radius 3 is 3.05 bits per heavy atom. The monoisotopic (exact) mass is 274 g/mol. The van der Waals surface area contributed by atoms with E-state index in [1.54, 1.807) is 24.5 Å². The molecule has 2 aromatic rings. The number of carbonyl (C=O) groups excluding carboxylic acids is 1. The van der Waals surface area contributed by atoms with E-state index in [9.17, 15) is 14.7 Å². The number of aromatic amines is 1. The second kappa shape index (κ2) is 4.93. The van der Waals surface area contributed by atoms with E-state index in [4.69, 9.17) is 0 Å². The number of aliphatic carboxylic acids is 1. The van der Waals surface area contributed by atoms with E-state index in [0.717, 1.165) is 11.0 Å². The number of H-pyrrole nitrogens is 1. The van der Waals surface area contributed by atoms with Crippen molar-refractivity contribution < 1.29 is 14.7 Å². The molecule has 7 heteroatoms. The highest BCUT2D eigenvalue weighted by molar-refractivity contribution is 5.99. The van der Waals surface area contributed by atoms with Crippen molar-refractivity contribution in [3.63, 3.8) is 0 Å². The molecule has 0 radical (unpaired) electrons. The third-order valence-electron chi connectivity index (χ3n) is 3.46. The van der Waals surface area contributed by atoms with Crippen molar-refractivity contribution in [3.05, 3.63) is 30.1 Å². The number of carboxylic acids is 1. The summed E-state index contributed by atoms with van der Waals surface area (Å²) < 4.78 is 0. The molecule has 0 bridgehead atoms. The number of rotatable bonds is 2. The molecular formula is C13H14N4O3. The van der Waals surface area contributed by atoms with Crippen molar-refractivity contribution in [1.29, 1.82) is 0 Å². The molecule has 1 atom stereocenters. The number of nitrogens with zero attached hydrogens (tertiary/aromatic N) is 2. The summed E-state index contributed by atoms with van der Waals surface area (Å²) in [5.74, 6) is -1.26. The van der Waals surface area contributed by atoms with Crippen LogP contribution in [0.1, 0.15) is 10.4 Å². The molecule has 1 saturated heterocycles. The average molecular weight is 274 g/mol. The Kier molecular flexibility index (Phi) is 3.11. The zero-order valence-corrected chi connectivity index (χ0v) is 10.7. The van der Waals surface area contributed by atoms with E-state index in [1.807, 2.05) is 0 Å². The first-order valence-electron chi connectivity index (χ1n) is 6.34. The van der Waals surface area contributed by atoms with Gasteiger partial charge in [0.15, 0.2) is 0 Å². The van der Waals surface area contributed by atoms with Crippen molar-refractivity contribution >= 4 is 22.9 Å². The van der Waals surface area contributed by atoms with Crippen LogP contribution in [-0.2, 0) is 4.79 Å². The van der Waals surface area contributed by atoms with Gasteiger partial charge in [-0.15, -0.1) is 0 Å². The van der Waals surface area contributed by atoms with Crippen molar-refractivity contribution in [2.24, 2.45) is 0 Å². The van der Waals surface area contributed by atoms with Gasteiger partial charge in [0.2, 0.25) is 0 Å². The standard InChI is InChI=1S/C13H14N4O3/c18-12(17-4-3-14-6-11(17)13(19)20)8-1-2-9-10(5-8)16-7-15-9/h1-2,5,7,11,14H,3-4,6H2,(H,15,16)(H,19,20). The molecule has 1 aliphatic heterocycles. The third-order valence-corrected chi connectivity index (χ3v) is 3.46. The highest BCUT2D eigenvalue weighted by atomic mass is 16.4.